The summed E-state index contributed by atoms with van der Waals surface area (Å²) < 4.78 is 6.05. The van der Waals surface area contributed by atoms with Crippen LogP contribution in [0, 0.1) is 5.41 Å². The van der Waals surface area contributed by atoms with Crippen molar-refractivity contribution in [2.75, 3.05) is 26.2 Å². The monoisotopic (exact) mass is 408 g/mol. The average molecular weight is 409 g/mol. The van der Waals surface area contributed by atoms with Gasteiger partial charge in [-0.15, -0.1) is 0 Å². The molecule has 0 aromatic carbocycles. The first kappa shape index (κ1) is 19.6. The molecule has 2 aliphatic carbocycles. The van der Waals surface area contributed by atoms with Gasteiger partial charge in [0.25, 0.3) is 5.91 Å². The molecule has 1 N–H and O–H groups in total. The zero-order valence-electron chi connectivity index (χ0n) is 18.5. The number of allylic oxidation sites excluding steroid dienone is 4. The number of fused-ring (bicyclic) bond motifs is 2. The van der Waals surface area contributed by atoms with Crippen molar-refractivity contribution >= 4 is 11.5 Å². The number of aromatic nitrogens is 2. The predicted molar refractivity (Wildman–Crippen MR) is 117 cm³/mol. The molecule has 160 valence electrons. The number of piperazine rings is 1. The second-order valence-corrected chi connectivity index (χ2v) is 9.39. The molecule has 5 aliphatic rings. The Bertz CT molecular complexity index is 966. The summed E-state index contributed by atoms with van der Waals surface area (Å²) in [4.78, 5) is 18.1. The Morgan fingerprint density at radius 2 is 1.97 bits per heavy atom. The molecule has 6 nitrogen and oxygen atoms in total. The van der Waals surface area contributed by atoms with E-state index in [0.29, 0.717) is 24.1 Å². The summed E-state index contributed by atoms with van der Waals surface area (Å²) in [6.07, 6.45) is 12.2. The molecular formula is C24H32N4O2. The number of hydrogen-bond acceptors (Lipinski definition) is 4. The number of hydrogen-bond donors (Lipinski definition) is 1. The van der Waals surface area contributed by atoms with Crippen molar-refractivity contribution in [1.29, 1.82) is 0 Å². The van der Waals surface area contributed by atoms with Crippen molar-refractivity contribution < 1.29 is 9.53 Å². The van der Waals surface area contributed by atoms with Crippen molar-refractivity contribution in [1.82, 2.24) is 20.0 Å². The molecule has 30 heavy (non-hydrogen) atoms. The van der Waals surface area contributed by atoms with Crippen LogP contribution in [0.25, 0.3) is 5.57 Å². The van der Waals surface area contributed by atoms with Gasteiger partial charge in [-0.25, -0.2) is 0 Å². The summed E-state index contributed by atoms with van der Waals surface area (Å²) >= 11 is 0. The van der Waals surface area contributed by atoms with Gasteiger partial charge in [0.05, 0.1) is 6.04 Å². The highest BCUT2D eigenvalue weighted by atomic mass is 16.5. The molecule has 6 rings (SSSR count). The van der Waals surface area contributed by atoms with E-state index in [1.165, 1.54) is 19.4 Å². The van der Waals surface area contributed by atoms with E-state index in [1.54, 1.807) is 0 Å². The molecule has 3 aliphatic heterocycles. The Hall–Kier alpha value is -2.34. The first-order valence-corrected chi connectivity index (χ1v) is 11.4. The number of ether oxygens (including phenoxy) is 1. The SMILES string of the molecule is CC.CC1(C)C=CC2=C(C=C1)c1n[nH]c(C(=O)N3CCN4CCC45CCC35)c1OC2. The largest absolute Gasteiger partial charge is 0.484 e. The third kappa shape index (κ3) is 2.66. The molecule has 2 unspecified atom stereocenters. The van der Waals surface area contributed by atoms with Gasteiger partial charge >= 0.3 is 0 Å². The second-order valence-electron chi connectivity index (χ2n) is 9.39. The normalized spacial score (nSPS) is 30.3. The van der Waals surface area contributed by atoms with Crippen LogP contribution in [0.5, 0.6) is 5.75 Å². The number of carbonyl (C=O) groups excluding carboxylic acids is 1. The Labute approximate surface area is 178 Å². The van der Waals surface area contributed by atoms with Gasteiger partial charge in [0.15, 0.2) is 11.4 Å². The van der Waals surface area contributed by atoms with Gasteiger partial charge in [-0.3, -0.25) is 14.8 Å². The van der Waals surface area contributed by atoms with E-state index in [9.17, 15) is 4.79 Å². The van der Waals surface area contributed by atoms with Crippen LogP contribution in [0.3, 0.4) is 0 Å². The van der Waals surface area contributed by atoms with Crippen molar-refractivity contribution in [3.8, 4) is 5.75 Å². The van der Waals surface area contributed by atoms with E-state index >= 15 is 0 Å². The van der Waals surface area contributed by atoms with E-state index in [1.807, 2.05) is 13.8 Å². The van der Waals surface area contributed by atoms with E-state index < -0.39 is 0 Å². The van der Waals surface area contributed by atoms with Gasteiger partial charge in [-0.2, -0.15) is 5.10 Å². The Morgan fingerprint density at radius 1 is 1.17 bits per heavy atom. The van der Waals surface area contributed by atoms with Gasteiger partial charge in [-0.1, -0.05) is 52.0 Å². The van der Waals surface area contributed by atoms with Crippen LogP contribution >= 0.6 is 0 Å². The lowest BCUT2D eigenvalue weighted by Gasteiger charge is -2.68. The molecule has 6 heteroatoms. The average Bonchev–Trinajstić information content (AvgIpc) is 3.06. The summed E-state index contributed by atoms with van der Waals surface area (Å²) in [5.74, 6) is 0.660. The molecule has 1 aromatic heterocycles. The summed E-state index contributed by atoms with van der Waals surface area (Å²) in [6, 6.07) is 0.348. The molecule has 2 atom stereocenters. The number of rotatable bonds is 1. The number of aromatic amines is 1. The summed E-state index contributed by atoms with van der Waals surface area (Å²) in [7, 11) is 0. The molecule has 3 fully saturated rings. The van der Waals surface area contributed by atoms with Crippen LogP contribution < -0.4 is 4.74 Å². The maximum absolute atomic E-state index is 13.4. The zero-order valence-corrected chi connectivity index (χ0v) is 18.5. The lowest BCUT2D eigenvalue weighted by molar-refractivity contribution is -0.161. The van der Waals surface area contributed by atoms with Gasteiger partial charge < -0.3 is 9.64 Å². The van der Waals surface area contributed by atoms with Crippen molar-refractivity contribution in [2.45, 2.75) is 58.5 Å². The molecule has 1 saturated carbocycles. The van der Waals surface area contributed by atoms with E-state index in [-0.39, 0.29) is 16.9 Å². The van der Waals surface area contributed by atoms with E-state index in [2.05, 4.69) is 58.1 Å². The second kappa shape index (κ2) is 6.84. The number of nitrogens with one attached hydrogen (secondary N) is 1. The standard InChI is InChI=1S/C22H26N4O2.C2H6/c1-21(2)6-3-14-13-28-19-17(15(14)4-7-21)23-24-18(19)20(27)26-12-11-25-10-9-22(25)8-5-16(22)26;1-2/h3-4,6-7,16H,5,8-13H2,1-2H3,(H,23,24);1-2H3. The van der Waals surface area contributed by atoms with Crippen molar-refractivity contribution in [3.05, 3.63) is 41.3 Å². The smallest absolute Gasteiger partial charge is 0.276 e. The highest BCUT2D eigenvalue weighted by Gasteiger charge is 2.61. The third-order valence-corrected chi connectivity index (χ3v) is 7.47. The van der Waals surface area contributed by atoms with Crippen LogP contribution in [0.2, 0.25) is 0 Å². The fourth-order valence-corrected chi connectivity index (χ4v) is 5.55. The molecule has 2 saturated heterocycles. The molecule has 0 radical (unpaired) electrons. The Kier molecular flexibility index (Phi) is 4.47. The topological polar surface area (TPSA) is 61.5 Å². The van der Waals surface area contributed by atoms with Gasteiger partial charge in [0.2, 0.25) is 0 Å². The number of H-pyrrole nitrogens is 1. The molecule has 1 spiro atoms. The van der Waals surface area contributed by atoms with Gasteiger partial charge in [-0.05, 0) is 24.8 Å². The predicted octanol–water partition coefficient (Wildman–Crippen LogP) is 3.80. The molecular weight excluding hydrogens is 376 g/mol. The molecule has 4 heterocycles. The number of amides is 1. The summed E-state index contributed by atoms with van der Waals surface area (Å²) in [5.41, 5.74) is 3.70. The fraction of sp³-hybridized carbons (Fsp3) is 0.583. The minimum atomic E-state index is -0.00650. The quantitative estimate of drug-likeness (QED) is 0.768. The molecule has 0 bridgehead atoms. The van der Waals surface area contributed by atoms with Gasteiger partial charge in [0.1, 0.15) is 12.3 Å². The van der Waals surface area contributed by atoms with E-state index in [4.69, 9.17) is 4.74 Å². The first-order chi connectivity index (χ1) is 14.5. The van der Waals surface area contributed by atoms with Gasteiger partial charge in [0, 0.05) is 36.2 Å². The third-order valence-electron chi connectivity index (χ3n) is 7.47. The lowest BCUT2D eigenvalue weighted by Crippen LogP contribution is -2.79. The minimum absolute atomic E-state index is 0.00650. The van der Waals surface area contributed by atoms with Crippen LogP contribution in [0.15, 0.2) is 29.9 Å². The number of carbonyl (C=O) groups is 1. The zero-order chi connectivity index (χ0) is 21.1. The van der Waals surface area contributed by atoms with Crippen LogP contribution in [0.4, 0.5) is 0 Å². The van der Waals surface area contributed by atoms with Crippen LogP contribution in [0.1, 0.15) is 63.1 Å². The molecule has 1 amide bonds. The first-order valence-electron chi connectivity index (χ1n) is 11.4. The minimum Gasteiger partial charge on any atom is -0.484 e. The summed E-state index contributed by atoms with van der Waals surface area (Å²) in [5, 5.41) is 7.52. The van der Waals surface area contributed by atoms with Crippen molar-refractivity contribution in [3.63, 3.8) is 0 Å². The fourth-order valence-electron chi connectivity index (χ4n) is 5.55. The van der Waals surface area contributed by atoms with Crippen LogP contribution in [-0.4, -0.2) is 63.7 Å². The Balaban J connectivity index is 0.000000937. The highest BCUT2D eigenvalue weighted by Crippen LogP contribution is 2.52. The van der Waals surface area contributed by atoms with Crippen LogP contribution in [-0.2, 0) is 0 Å². The van der Waals surface area contributed by atoms with E-state index in [0.717, 1.165) is 36.4 Å². The molecule has 1 aromatic rings. The summed E-state index contributed by atoms with van der Waals surface area (Å²) in [6.45, 7) is 11.8. The Morgan fingerprint density at radius 3 is 2.67 bits per heavy atom. The highest BCUT2D eigenvalue weighted by molar-refractivity contribution is 5.98. The maximum Gasteiger partial charge on any atom is 0.276 e. The lowest BCUT2D eigenvalue weighted by atomic mass is 9.61. The van der Waals surface area contributed by atoms with Crippen molar-refractivity contribution in [2.24, 2.45) is 5.41 Å². The maximum atomic E-state index is 13.4. The number of nitrogens with zero attached hydrogens (tertiary/aromatic N) is 3.